The summed E-state index contributed by atoms with van der Waals surface area (Å²) in [7, 11) is 0. The molecule has 2 rings (SSSR count). The Hall–Kier alpha value is -2.47. The van der Waals surface area contributed by atoms with Crippen LogP contribution in [0.15, 0.2) is 53.1 Å². The normalized spacial score (nSPS) is 10.5. The van der Waals surface area contributed by atoms with Crippen LogP contribution in [-0.2, 0) is 4.79 Å². The highest BCUT2D eigenvalue weighted by Gasteiger charge is 2.10. The Morgan fingerprint density at radius 3 is 2.52 bits per heavy atom. The molecule has 1 heterocycles. The van der Waals surface area contributed by atoms with Gasteiger partial charge in [-0.1, -0.05) is 12.1 Å². The molecule has 2 aromatic rings. The van der Waals surface area contributed by atoms with Crippen molar-refractivity contribution < 1.29 is 14.7 Å². The zero-order valence-corrected chi connectivity index (χ0v) is 12.4. The average molecular weight is 347 g/mol. The van der Waals surface area contributed by atoms with Gasteiger partial charge in [-0.3, -0.25) is 4.79 Å². The van der Waals surface area contributed by atoms with Crippen molar-refractivity contribution >= 4 is 39.6 Å². The zero-order chi connectivity index (χ0) is 15.2. The SMILES string of the molecule is O=C(O)/C=C/c1ccc(NC(=O)c2ncccc2Br)cc1. The van der Waals surface area contributed by atoms with E-state index in [1.54, 1.807) is 42.6 Å². The second kappa shape index (κ2) is 6.81. The molecule has 0 atom stereocenters. The molecule has 0 aliphatic carbocycles. The summed E-state index contributed by atoms with van der Waals surface area (Å²) in [6.45, 7) is 0. The lowest BCUT2D eigenvalue weighted by Gasteiger charge is -2.06. The molecule has 0 spiro atoms. The number of benzene rings is 1. The average Bonchev–Trinajstić information content (AvgIpc) is 2.47. The number of nitrogens with zero attached hydrogens (tertiary/aromatic N) is 1. The Bertz CT molecular complexity index is 696. The topological polar surface area (TPSA) is 79.3 Å². The van der Waals surface area contributed by atoms with E-state index < -0.39 is 5.97 Å². The van der Waals surface area contributed by atoms with Crippen LogP contribution in [0.1, 0.15) is 16.1 Å². The first-order valence-electron chi connectivity index (χ1n) is 5.99. The van der Waals surface area contributed by atoms with E-state index in [0.717, 1.165) is 11.6 Å². The van der Waals surface area contributed by atoms with E-state index in [-0.39, 0.29) is 5.91 Å². The highest BCUT2D eigenvalue weighted by atomic mass is 79.9. The Morgan fingerprint density at radius 2 is 1.90 bits per heavy atom. The summed E-state index contributed by atoms with van der Waals surface area (Å²) in [5.41, 5.74) is 1.63. The summed E-state index contributed by atoms with van der Waals surface area (Å²) in [5, 5.41) is 11.3. The Balaban J connectivity index is 2.09. The summed E-state index contributed by atoms with van der Waals surface area (Å²) in [5.74, 6) is -1.33. The summed E-state index contributed by atoms with van der Waals surface area (Å²) >= 11 is 3.27. The zero-order valence-electron chi connectivity index (χ0n) is 10.8. The number of pyridine rings is 1. The van der Waals surface area contributed by atoms with Crippen molar-refractivity contribution in [2.75, 3.05) is 5.32 Å². The van der Waals surface area contributed by atoms with Crippen LogP contribution >= 0.6 is 15.9 Å². The summed E-state index contributed by atoms with van der Waals surface area (Å²) < 4.78 is 0.614. The number of carbonyl (C=O) groups excluding carboxylic acids is 1. The lowest BCUT2D eigenvalue weighted by Crippen LogP contribution is -2.14. The van der Waals surface area contributed by atoms with Crippen LogP contribution in [0.2, 0.25) is 0 Å². The van der Waals surface area contributed by atoms with E-state index in [1.807, 2.05) is 0 Å². The van der Waals surface area contributed by atoms with Crippen LogP contribution < -0.4 is 5.32 Å². The van der Waals surface area contributed by atoms with Crippen molar-refractivity contribution in [3.8, 4) is 0 Å². The predicted molar refractivity (Wildman–Crippen MR) is 83.0 cm³/mol. The molecule has 1 aromatic carbocycles. The first-order chi connectivity index (χ1) is 10.1. The number of carboxylic acid groups (broad SMARTS) is 1. The fourth-order valence-corrected chi connectivity index (χ4v) is 2.02. The molecular formula is C15H11BrN2O3. The second-order valence-corrected chi connectivity index (χ2v) is 4.94. The van der Waals surface area contributed by atoms with E-state index >= 15 is 0 Å². The van der Waals surface area contributed by atoms with Gasteiger partial charge in [0.15, 0.2) is 0 Å². The maximum absolute atomic E-state index is 12.0. The third-order valence-electron chi connectivity index (χ3n) is 2.56. The van der Waals surface area contributed by atoms with E-state index in [4.69, 9.17) is 5.11 Å². The van der Waals surface area contributed by atoms with Gasteiger partial charge in [-0.05, 0) is 51.8 Å². The van der Waals surface area contributed by atoms with Gasteiger partial charge in [0.2, 0.25) is 0 Å². The van der Waals surface area contributed by atoms with Crippen LogP contribution in [0.3, 0.4) is 0 Å². The van der Waals surface area contributed by atoms with Gasteiger partial charge in [-0.25, -0.2) is 9.78 Å². The molecule has 6 heteroatoms. The fourth-order valence-electron chi connectivity index (χ4n) is 1.59. The van der Waals surface area contributed by atoms with Crippen molar-refractivity contribution in [1.82, 2.24) is 4.98 Å². The smallest absolute Gasteiger partial charge is 0.328 e. The number of aliphatic carboxylic acids is 1. The molecule has 0 bridgehead atoms. The number of nitrogens with one attached hydrogen (secondary N) is 1. The Kier molecular flexibility index (Phi) is 4.84. The van der Waals surface area contributed by atoms with Crippen molar-refractivity contribution in [3.05, 3.63) is 64.4 Å². The molecule has 0 saturated carbocycles. The molecule has 0 aliphatic heterocycles. The molecule has 1 aromatic heterocycles. The third-order valence-corrected chi connectivity index (χ3v) is 3.20. The maximum atomic E-state index is 12.0. The molecule has 1 amide bonds. The first kappa shape index (κ1) is 14.9. The number of carbonyl (C=O) groups is 2. The van der Waals surface area contributed by atoms with Crippen LogP contribution in [0.5, 0.6) is 0 Å². The van der Waals surface area contributed by atoms with Gasteiger partial charge in [0, 0.05) is 22.4 Å². The van der Waals surface area contributed by atoms with Crippen LogP contribution in [-0.4, -0.2) is 22.0 Å². The summed E-state index contributed by atoms with van der Waals surface area (Å²) in [4.78, 5) is 26.5. The largest absolute Gasteiger partial charge is 0.478 e. The van der Waals surface area contributed by atoms with E-state index in [2.05, 4.69) is 26.2 Å². The number of hydrogen-bond donors (Lipinski definition) is 2. The van der Waals surface area contributed by atoms with Crippen molar-refractivity contribution in [1.29, 1.82) is 0 Å². The number of amides is 1. The highest BCUT2D eigenvalue weighted by Crippen LogP contribution is 2.16. The second-order valence-electron chi connectivity index (χ2n) is 4.08. The van der Waals surface area contributed by atoms with Crippen LogP contribution in [0.4, 0.5) is 5.69 Å². The van der Waals surface area contributed by atoms with Gasteiger partial charge in [0.25, 0.3) is 5.91 Å². The minimum absolute atomic E-state index is 0.298. The standard InChI is InChI=1S/C15H11BrN2O3/c16-12-2-1-9-17-14(12)15(21)18-11-6-3-10(4-7-11)5-8-13(19)20/h1-9H,(H,18,21)(H,19,20)/b8-5+. The fraction of sp³-hybridized carbons (Fsp3) is 0. The van der Waals surface area contributed by atoms with E-state index in [0.29, 0.717) is 15.9 Å². The first-order valence-corrected chi connectivity index (χ1v) is 6.78. The van der Waals surface area contributed by atoms with Crippen LogP contribution in [0, 0.1) is 0 Å². The quantitative estimate of drug-likeness (QED) is 0.833. The van der Waals surface area contributed by atoms with Gasteiger partial charge < -0.3 is 10.4 Å². The Labute approximate surface area is 129 Å². The van der Waals surface area contributed by atoms with E-state index in [1.165, 1.54) is 6.08 Å². The number of hydrogen-bond acceptors (Lipinski definition) is 3. The molecule has 0 unspecified atom stereocenters. The minimum Gasteiger partial charge on any atom is -0.478 e. The summed E-state index contributed by atoms with van der Waals surface area (Å²) in [6, 6.07) is 10.3. The molecule has 106 valence electrons. The van der Waals surface area contributed by atoms with Crippen LogP contribution in [0.25, 0.3) is 6.08 Å². The molecule has 0 aliphatic rings. The number of aromatic nitrogens is 1. The number of carboxylic acids is 1. The van der Waals surface area contributed by atoms with Gasteiger partial charge >= 0.3 is 5.97 Å². The van der Waals surface area contributed by atoms with Crippen molar-refractivity contribution in [3.63, 3.8) is 0 Å². The number of anilines is 1. The third kappa shape index (κ3) is 4.25. The molecule has 0 radical (unpaired) electrons. The molecule has 2 N–H and O–H groups in total. The molecule has 21 heavy (non-hydrogen) atoms. The Morgan fingerprint density at radius 1 is 1.19 bits per heavy atom. The van der Waals surface area contributed by atoms with Gasteiger partial charge in [-0.2, -0.15) is 0 Å². The predicted octanol–water partition coefficient (Wildman–Crippen LogP) is 3.19. The van der Waals surface area contributed by atoms with Crippen molar-refractivity contribution in [2.45, 2.75) is 0 Å². The summed E-state index contributed by atoms with van der Waals surface area (Å²) in [6.07, 6.45) is 4.07. The molecule has 0 fully saturated rings. The highest BCUT2D eigenvalue weighted by molar-refractivity contribution is 9.10. The molecule has 5 nitrogen and oxygen atoms in total. The lowest BCUT2D eigenvalue weighted by atomic mass is 10.2. The van der Waals surface area contributed by atoms with Gasteiger partial charge in [0.1, 0.15) is 5.69 Å². The molecule has 0 saturated heterocycles. The van der Waals surface area contributed by atoms with Gasteiger partial charge in [-0.15, -0.1) is 0 Å². The minimum atomic E-state index is -1.01. The number of halogens is 1. The van der Waals surface area contributed by atoms with E-state index in [9.17, 15) is 9.59 Å². The maximum Gasteiger partial charge on any atom is 0.328 e. The monoisotopic (exact) mass is 346 g/mol. The lowest BCUT2D eigenvalue weighted by molar-refractivity contribution is -0.131. The van der Waals surface area contributed by atoms with Gasteiger partial charge in [0.05, 0.1) is 0 Å². The van der Waals surface area contributed by atoms with Crippen molar-refractivity contribution in [2.24, 2.45) is 0 Å². The molecular weight excluding hydrogens is 336 g/mol. The number of rotatable bonds is 4.